The van der Waals surface area contributed by atoms with Crippen LogP contribution in [0.5, 0.6) is 5.75 Å². The minimum Gasteiger partial charge on any atom is -0.406 e. The van der Waals surface area contributed by atoms with Gasteiger partial charge in [0.15, 0.2) is 0 Å². The van der Waals surface area contributed by atoms with Crippen LogP contribution < -0.4 is 10.5 Å². The lowest BCUT2D eigenvalue weighted by atomic mass is 10.1. The van der Waals surface area contributed by atoms with Gasteiger partial charge in [-0.25, -0.2) is 4.99 Å². The topological polar surface area (TPSA) is 60.0 Å². The van der Waals surface area contributed by atoms with E-state index in [1.165, 1.54) is 24.4 Å². The summed E-state index contributed by atoms with van der Waals surface area (Å²) in [5, 5.41) is 0.0789. The number of ether oxygens (including phenoxy) is 1. The van der Waals surface area contributed by atoms with E-state index in [4.69, 9.17) is 17.3 Å². The number of rotatable bonds is 5. The van der Waals surface area contributed by atoms with E-state index in [0.717, 1.165) is 6.07 Å². The molecule has 2 N–H and O–H groups in total. The van der Waals surface area contributed by atoms with Crippen molar-refractivity contribution in [2.45, 2.75) is 20.2 Å². The van der Waals surface area contributed by atoms with E-state index in [1.54, 1.807) is 13.8 Å². The van der Waals surface area contributed by atoms with Crippen molar-refractivity contribution in [1.29, 1.82) is 0 Å². The van der Waals surface area contributed by atoms with Gasteiger partial charge >= 0.3 is 6.36 Å². The Kier molecular flexibility index (Phi) is 6.38. The third kappa shape index (κ3) is 6.56. The molecule has 1 aromatic carbocycles. The summed E-state index contributed by atoms with van der Waals surface area (Å²) >= 11 is 5.61. The average molecular weight is 346 g/mol. The molecule has 0 fully saturated rings. The number of allylic oxidation sites excluding steroid dienone is 1. The number of halogens is 4. The number of alkyl halides is 3. The predicted octanol–water partition coefficient (Wildman–Crippen LogP) is 4.69. The Labute approximate surface area is 136 Å². The maximum absolute atomic E-state index is 12.2. The molecule has 0 aromatic heterocycles. The van der Waals surface area contributed by atoms with Gasteiger partial charge in [0, 0.05) is 29.3 Å². The Balaban J connectivity index is 3.10. The van der Waals surface area contributed by atoms with Crippen LogP contribution in [0.25, 0.3) is 0 Å². The molecular weight excluding hydrogens is 331 g/mol. The third-order valence-electron chi connectivity index (χ3n) is 2.58. The van der Waals surface area contributed by atoms with Crippen LogP contribution in [-0.2, 0) is 0 Å². The van der Waals surface area contributed by atoms with E-state index in [0.29, 0.717) is 17.0 Å². The van der Waals surface area contributed by atoms with Gasteiger partial charge < -0.3 is 10.5 Å². The Morgan fingerprint density at radius 2 is 1.96 bits per heavy atom. The molecule has 8 heteroatoms. The van der Waals surface area contributed by atoms with Crippen molar-refractivity contribution in [3.05, 3.63) is 47.8 Å². The Morgan fingerprint density at radius 3 is 2.48 bits per heavy atom. The van der Waals surface area contributed by atoms with Crippen LogP contribution in [0.15, 0.2) is 57.8 Å². The number of aliphatic imine (C=N–C) groups is 2. The fourth-order valence-corrected chi connectivity index (χ4v) is 1.88. The van der Waals surface area contributed by atoms with E-state index in [-0.39, 0.29) is 16.6 Å². The zero-order valence-corrected chi connectivity index (χ0v) is 13.2. The molecule has 0 bridgehead atoms. The van der Waals surface area contributed by atoms with Crippen molar-refractivity contribution < 1.29 is 17.9 Å². The van der Waals surface area contributed by atoms with Gasteiger partial charge in [-0.3, -0.25) is 4.99 Å². The highest BCUT2D eigenvalue weighted by atomic mass is 35.5. The molecule has 4 nitrogen and oxygen atoms in total. The first-order valence-electron chi connectivity index (χ1n) is 6.36. The van der Waals surface area contributed by atoms with Gasteiger partial charge in [-0.15, -0.1) is 13.2 Å². The maximum Gasteiger partial charge on any atom is 0.573 e. The molecule has 0 amide bonds. The summed E-state index contributed by atoms with van der Waals surface area (Å²) in [6, 6.07) is 5.29. The fraction of sp³-hybridized carbons (Fsp3) is 0.200. The first kappa shape index (κ1) is 18.8. The largest absolute Gasteiger partial charge is 0.573 e. The monoisotopic (exact) mass is 345 g/mol. The number of benzene rings is 1. The van der Waals surface area contributed by atoms with Crippen molar-refractivity contribution in [2.24, 2.45) is 15.7 Å². The summed E-state index contributed by atoms with van der Waals surface area (Å²) in [6.07, 6.45) is -3.47. The predicted molar refractivity (Wildman–Crippen MR) is 86.3 cm³/mol. The van der Waals surface area contributed by atoms with Gasteiger partial charge in [-0.1, -0.05) is 24.2 Å². The smallest absolute Gasteiger partial charge is 0.406 e. The molecule has 1 aromatic rings. The van der Waals surface area contributed by atoms with E-state index in [9.17, 15) is 13.2 Å². The molecule has 0 heterocycles. The summed E-state index contributed by atoms with van der Waals surface area (Å²) < 4.78 is 40.5. The van der Waals surface area contributed by atoms with Crippen LogP contribution in [0.3, 0.4) is 0 Å². The second kappa shape index (κ2) is 7.82. The van der Waals surface area contributed by atoms with Crippen LogP contribution in [-0.4, -0.2) is 17.8 Å². The molecule has 0 radical (unpaired) electrons. The molecule has 0 aliphatic heterocycles. The molecule has 0 saturated heterocycles. The van der Waals surface area contributed by atoms with Crippen LogP contribution in [0.2, 0.25) is 0 Å². The summed E-state index contributed by atoms with van der Waals surface area (Å²) in [5.41, 5.74) is 7.26. The van der Waals surface area contributed by atoms with Crippen LogP contribution in [0.1, 0.15) is 13.8 Å². The van der Waals surface area contributed by atoms with E-state index < -0.39 is 6.36 Å². The number of nitrogens with two attached hydrogens (primary N) is 1. The van der Waals surface area contributed by atoms with Crippen molar-refractivity contribution in [1.82, 2.24) is 0 Å². The first-order valence-corrected chi connectivity index (χ1v) is 6.73. The Hall–Kier alpha value is -2.28. The van der Waals surface area contributed by atoms with Crippen molar-refractivity contribution in [2.75, 3.05) is 0 Å². The van der Waals surface area contributed by atoms with Gasteiger partial charge in [0.25, 0.3) is 0 Å². The number of hydrogen-bond donors (Lipinski definition) is 1. The molecule has 0 unspecified atom stereocenters. The quantitative estimate of drug-likeness (QED) is 0.621. The molecule has 0 aliphatic rings. The van der Waals surface area contributed by atoms with Gasteiger partial charge in [0.05, 0.1) is 5.69 Å². The second-order valence-corrected chi connectivity index (χ2v) is 4.83. The molecule has 124 valence electrons. The van der Waals surface area contributed by atoms with Crippen LogP contribution >= 0.6 is 11.6 Å². The second-order valence-electron chi connectivity index (χ2n) is 4.40. The average Bonchev–Trinajstić information content (AvgIpc) is 2.36. The van der Waals surface area contributed by atoms with Gasteiger partial charge in [0.1, 0.15) is 10.9 Å². The molecular formula is C15H15ClF3N3O. The molecule has 0 aliphatic carbocycles. The van der Waals surface area contributed by atoms with Crippen molar-refractivity contribution >= 4 is 28.7 Å². The Bertz CT molecular complexity index is 679. The standard InChI is InChI=1S/C15H15ClF3N3O/c1-9(21-11(3)16)14(8-20)10(2)22-12-5-4-6-13(7-12)23-15(17,18)19/h4-8H,3,20H2,1-2H3. The van der Waals surface area contributed by atoms with Gasteiger partial charge in [0.2, 0.25) is 0 Å². The summed E-state index contributed by atoms with van der Waals surface area (Å²) in [6.45, 7) is 6.75. The zero-order chi connectivity index (χ0) is 17.6. The van der Waals surface area contributed by atoms with E-state index in [2.05, 4.69) is 21.3 Å². The van der Waals surface area contributed by atoms with E-state index in [1.807, 2.05) is 0 Å². The lowest BCUT2D eigenvalue weighted by Crippen LogP contribution is -2.16. The van der Waals surface area contributed by atoms with Gasteiger partial charge in [-0.05, 0) is 26.0 Å². The fourth-order valence-electron chi connectivity index (χ4n) is 1.75. The number of nitrogens with zero attached hydrogens (tertiary/aromatic N) is 2. The SMILES string of the molecule is C=C(Cl)N=C(C)C(=CN)C(C)=Nc1cccc(OC(F)(F)F)c1. The minimum atomic E-state index is -4.76. The van der Waals surface area contributed by atoms with Crippen molar-refractivity contribution in [3.8, 4) is 5.75 Å². The van der Waals surface area contributed by atoms with Crippen molar-refractivity contribution in [3.63, 3.8) is 0 Å². The molecule has 0 saturated carbocycles. The molecule has 0 atom stereocenters. The number of hydrogen-bond acceptors (Lipinski definition) is 4. The third-order valence-corrected chi connectivity index (χ3v) is 2.67. The summed E-state index contributed by atoms with van der Waals surface area (Å²) in [7, 11) is 0. The van der Waals surface area contributed by atoms with Crippen LogP contribution in [0.4, 0.5) is 18.9 Å². The lowest BCUT2D eigenvalue weighted by Gasteiger charge is -2.10. The van der Waals surface area contributed by atoms with Crippen LogP contribution in [0, 0.1) is 0 Å². The van der Waals surface area contributed by atoms with E-state index >= 15 is 0 Å². The first-order chi connectivity index (χ1) is 10.6. The minimum absolute atomic E-state index is 0.0789. The molecule has 1 rings (SSSR count). The maximum atomic E-state index is 12.2. The van der Waals surface area contributed by atoms with Gasteiger partial charge in [-0.2, -0.15) is 0 Å². The summed E-state index contributed by atoms with van der Waals surface area (Å²) in [5.74, 6) is -0.357. The highest BCUT2D eigenvalue weighted by Gasteiger charge is 2.31. The lowest BCUT2D eigenvalue weighted by molar-refractivity contribution is -0.274. The zero-order valence-electron chi connectivity index (χ0n) is 12.5. The molecule has 0 spiro atoms. The Morgan fingerprint density at radius 1 is 1.30 bits per heavy atom. The molecule has 23 heavy (non-hydrogen) atoms. The highest BCUT2D eigenvalue weighted by molar-refractivity contribution is 6.31. The normalized spacial score (nSPS) is 13.9. The summed E-state index contributed by atoms with van der Waals surface area (Å²) in [4.78, 5) is 8.18. The highest BCUT2D eigenvalue weighted by Crippen LogP contribution is 2.26.